The molecule has 0 spiro atoms. The third-order valence-electron chi connectivity index (χ3n) is 3.93. The first kappa shape index (κ1) is 13.6. The summed E-state index contributed by atoms with van der Waals surface area (Å²) >= 11 is 0. The van der Waals surface area contributed by atoms with Gasteiger partial charge in [-0.05, 0) is 41.7 Å². The number of allylic oxidation sites excluding steroid dienone is 7. The Morgan fingerprint density at radius 1 is 1.16 bits per heavy atom. The lowest BCUT2D eigenvalue weighted by Gasteiger charge is -2.25. The van der Waals surface area contributed by atoms with Crippen molar-refractivity contribution in [3.05, 3.63) is 77.4 Å². The largest absolute Gasteiger partial charge is 0.0914 e. The highest BCUT2D eigenvalue weighted by Crippen LogP contribution is 2.48. The van der Waals surface area contributed by atoms with Crippen LogP contribution in [0.5, 0.6) is 0 Å². The molecule has 1 aromatic rings. The normalized spacial score (nSPS) is 17.5. The fourth-order valence-electron chi connectivity index (χ4n) is 3.10. The SMILES string of the molecule is C=C(/C=C\C=C/C)C1=C(C)c2ccccc2C1(C)C. The Bertz CT molecular complexity index is 592. The number of hydrogen-bond donors (Lipinski definition) is 0. The molecule has 0 nitrogen and oxygen atoms in total. The van der Waals surface area contributed by atoms with Crippen LogP contribution < -0.4 is 0 Å². The van der Waals surface area contributed by atoms with Gasteiger partial charge in [-0.15, -0.1) is 0 Å². The van der Waals surface area contributed by atoms with E-state index >= 15 is 0 Å². The molecule has 0 fully saturated rings. The monoisotopic (exact) mass is 250 g/mol. The second-order valence-electron chi connectivity index (χ2n) is 5.58. The zero-order chi connectivity index (χ0) is 14.0. The molecule has 0 radical (unpaired) electrons. The number of benzene rings is 1. The van der Waals surface area contributed by atoms with E-state index in [1.54, 1.807) is 0 Å². The van der Waals surface area contributed by atoms with Crippen molar-refractivity contribution >= 4 is 5.57 Å². The van der Waals surface area contributed by atoms with Crippen molar-refractivity contribution in [2.75, 3.05) is 0 Å². The van der Waals surface area contributed by atoms with Crippen LogP contribution in [0.15, 0.2) is 66.3 Å². The first-order valence-electron chi connectivity index (χ1n) is 6.80. The van der Waals surface area contributed by atoms with E-state index in [1.807, 2.05) is 19.1 Å². The topological polar surface area (TPSA) is 0 Å². The second-order valence-corrected chi connectivity index (χ2v) is 5.58. The van der Waals surface area contributed by atoms with Gasteiger partial charge in [-0.1, -0.05) is 69.0 Å². The minimum atomic E-state index is 0.0397. The molecule has 1 aliphatic rings. The third-order valence-corrected chi connectivity index (χ3v) is 3.93. The van der Waals surface area contributed by atoms with Gasteiger partial charge in [0.25, 0.3) is 0 Å². The average Bonchev–Trinajstić information content (AvgIpc) is 2.58. The van der Waals surface area contributed by atoms with E-state index in [9.17, 15) is 0 Å². The van der Waals surface area contributed by atoms with E-state index in [4.69, 9.17) is 0 Å². The van der Waals surface area contributed by atoms with E-state index in [0.29, 0.717) is 0 Å². The van der Waals surface area contributed by atoms with Gasteiger partial charge in [0.1, 0.15) is 0 Å². The summed E-state index contributed by atoms with van der Waals surface area (Å²) in [6, 6.07) is 8.67. The fraction of sp³-hybridized carbons (Fsp3) is 0.263. The molecule has 0 aliphatic heterocycles. The van der Waals surface area contributed by atoms with Crippen LogP contribution in [-0.2, 0) is 5.41 Å². The van der Waals surface area contributed by atoms with Crippen molar-refractivity contribution in [3.8, 4) is 0 Å². The van der Waals surface area contributed by atoms with E-state index in [-0.39, 0.29) is 5.41 Å². The lowest BCUT2D eigenvalue weighted by atomic mass is 9.78. The maximum atomic E-state index is 4.26. The Kier molecular flexibility index (Phi) is 3.61. The molecule has 0 N–H and O–H groups in total. The maximum absolute atomic E-state index is 4.26. The summed E-state index contributed by atoms with van der Waals surface area (Å²) in [6.45, 7) is 13.1. The van der Waals surface area contributed by atoms with Crippen LogP contribution in [0.25, 0.3) is 5.57 Å². The van der Waals surface area contributed by atoms with Gasteiger partial charge in [-0.25, -0.2) is 0 Å². The molecular weight excluding hydrogens is 228 g/mol. The smallest absolute Gasteiger partial charge is 0.0161 e. The molecule has 0 heterocycles. The Balaban J connectivity index is 2.48. The third kappa shape index (κ3) is 2.23. The maximum Gasteiger partial charge on any atom is 0.0161 e. The van der Waals surface area contributed by atoms with Gasteiger partial charge in [0.15, 0.2) is 0 Å². The van der Waals surface area contributed by atoms with E-state index in [1.165, 1.54) is 22.3 Å². The first-order chi connectivity index (χ1) is 9.00. The molecule has 1 aromatic carbocycles. The summed E-state index contributed by atoms with van der Waals surface area (Å²) in [7, 11) is 0. The molecular formula is C19H22. The van der Waals surface area contributed by atoms with Crippen LogP contribution in [0, 0.1) is 0 Å². The number of fused-ring (bicyclic) bond motifs is 1. The average molecular weight is 250 g/mol. The van der Waals surface area contributed by atoms with Crippen LogP contribution in [0.3, 0.4) is 0 Å². The van der Waals surface area contributed by atoms with Gasteiger partial charge in [0.2, 0.25) is 0 Å². The summed E-state index contributed by atoms with van der Waals surface area (Å²) < 4.78 is 0. The van der Waals surface area contributed by atoms with Crippen LogP contribution >= 0.6 is 0 Å². The van der Waals surface area contributed by atoms with Crippen LogP contribution in [0.2, 0.25) is 0 Å². The Morgan fingerprint density at radius 3 is 2.47 bits per heavy atom. The van der Waals surface area contributed by atoms with Gasteiger partial charge in [0.05, 0.1) is 0 Å². The van der Waals surface area contributed by atoms with Crippen molar-refractivity contribution in [2.24, 2.45) is 0 Å². The van der Waals surface area contributed by atoms with E-state index in [2.05, 4.69) is 63.8 Å². The molecule has 0 saturated heterocycles. The van der Waals surface area contributed by atoms with E-state index < -0.39 is 0 Å². The Morgan fingerprint density at radius 2 is 1.84 bits per heavy atom. The molecule has 19 heavy (non-hydrogen) atoms. The summed E-state index contributed by atoms with van der Waals surface area (Å²) in [5.74, 6) is 0. The first-order valence-corrected chi connectivity index (χ1v) is 6.80. The minimum Gasteiger partial charge on any atom is -0.0914 e. The van der Waals surface area contributed by atoms with Gasteiger partial charge >= 0.3 is 0 Å². The predicted octanol–water partition coefficient (Wildman–Crippen LogP) is 5.44. The van der Waals surface area contributed by atoms with Crippen LogP contribution in [0.1, 0.15) is 38.8 Å². The Hall–Kier alpha value is -1.82. The quantitative estimate of drug-likeness (QED) is 0.627. The predicted molar refractivity (Wildman–Crippen MR) is 85.2 cm³/mol. The fourth-order valence-corrected chi connectivity index (χ4v) is 3.10. The summed E-state index contributed by atoms with van der Waals surface area (Å²) in [5.41, 5.74) is 6.63. The van der Waals surface area contributed by atoms with Crippen molar-refractivity contribution < 1.29 is 0 Å². The highest BCUT2D eigenvalue weighted by Gasteiger charge is 2.36. The zero-order valence-electron chi connectivity index (χ0n) is 12.3. The molecule has 0 bridgehead atoms. The minimum absolute atomic E-state index is 0.0397. The molecule has 0 amide bonds. The summed E-state index contributed by atoms with van der Waals surface area (Å²) in [4.78, 5) is 0. The van der Waals surface area contributed by atoms with Crippen molar-refractivity contribution in [1.29, 1.82) is 0 Å². The van der Waals surface area contributed by atoms with Crippen molar-refractivity contribution in [2.45, 2.75) is 33.1 Å². The van der Waals surface area contributed by atoms with Gasteiger partial charge in [-0.3, -0.25) is 0 Å². The highest BCUT2D eigenvalue weighted by molar-refractivity contribution is 5.83. The Labute approximate surface area is 116 Å². The lowest BCUT2D eigenvalue weighted by Crippen LogP contribution is -2.17. The zero-order valence-corrected chi connectivity index (χ0v) is 12.3. The second kappa shape index (κ2) is 5.05. The highest BCUT2D eigenvalue weighted by atomic mass is 14.4. The van der Waals surface area contributed by atoms with Gasteiger partial charge < -0.3 is 0 Å². The summed E-state index contributed by atoms with van der Waals surface area (Å²) in [6.07, 6.45) is 8.23. The molecule has 98 valence electrons. The molecule has 1 aliphatic carbocycles. The van der Waals surface area contributed by atoms with Crippen LogP contribution in [-0.4, -0.2) is 0 Å². The van der Waals surface area contributed by atoms with Gasteiger partial charge in [0, 0.05) is 5.41 Å². The number of hydrogen-bond acceptors (Lipinski definition) is 0. The van der Waals surface area contributed by atoms with Crippen molar-refractivity contribution in [1.82, 2.24) is 0 Å². The molecule has 0 heteroatoms. The van der Waals surface area contributed by atoms with Crippen molar-refractivity contribution in [3.63, 3.8) is 0 Å². The molecule has 2 rings (SSSR count). The lowest BCUT2D eigenvalue weighted by molar-refractivity contribution is 0.649. The number of rotatable bonds is 3. The molecule has 0 aromatic heterocycles. The van der Waals surface area contributed by atoms with Gasteiger partial charge in [-0.2, -0.15) is 0 Å². The van der Waals surface area contributed by atoms with E-state index in [0.717, 1.165) is 5.57 Å². The summed E-state index contributed by atoms with van der Waals surface area (Å²) in [5, 5.41) is 0. The van der Waals surface area contributed by atoms with Crippen LogP contribution in [0.4, 0.5) is 0 Å². The standard InChI is InChI=1S/C19H22/c1-6-7-8-11-14(2)18-15(3)16-12-9-10-13-17(16)19(18,4)5/h6-13H,2H2,1,3-5H3/b7-6-,11-8-. The molecule has 0 atom stereocenters. The molecule has 0 unspecified atom stereocenters. The molecule has 0 saturated carbocycles.